The molecule has 12 heteroatoms. The molecule has 228 valence electrons. The zero-order valence-electron chi connectivity index (χ0n) is 25.5. The molecule has 6 rings (SSSR count). The van der Waals surface area contributed by atoms with Gasteiger partial charge in [0.25, 0.3) is 0 Å². The van der Waals surface area contributed by atoms with Gasteiger partial charge in [-0.3, -0.25) is 14.7 Å². The van der Waals surface area contributed by atoms with Crippen molar-refractivity contribution in [3.63, 3.8) is 0 Å². The predicted octanol–water partition coefficient (Wildman–Crippen LogP) is 4.69. The zero-order chi connectivity index (χ0) is 30.1. The number of rotatable bonds is 9. The smallest absolute Gasteiger partial charge is 0.410 e. The molecule has 4 heterocycles. The van der Waals surface area contributed by atoms with Crippen LogP contribution in [0.2, 0.25) is 0 Å². The SMILES string of the molecule is COc1ccc(C[NH2+]c2nccc3c2c(Nc2cnn(C4CC4)c2)nn3[C@@H]2CCCN(C(=O)OC(C)(C)C)C2)c(OC)c1. The molecule has 0 bridgehead atoms. The molecule has 1 saturated heterocycles. The lowest BCUT2D eigenvalue weighted by Gasteiger charge is -2.34. The Labute approximate surface area is 251 Å². The van der Waals surface area contributed by atoms with Gasteiger partial charge >= 0.3 is 6.09 Å². The molecule has 1 atom stereocenters. The molecule has 3 aromatic heterocycles. The number of nitrogens with one attached hydrogen (secondary N) is 1. The molecular formula is C31H41N8O4+. The van der Waals surface area contributed by atoms with Crippen LogP contribution in [0.25, 0.3) is 10.9 Å². The van der Waals surface area contributed by atoms with Crippen molar-refractivity contribution in [3.8, 4) is 11.5 Å². The van der Waals surface area contributed by atoms with Crippen molar-refractivity contribution in [2.45, 2.75) is 70.7 Å². The van der Waals surface area contributed by atoms with Gasteiger partial charge in [-0.2, -0.15) is 10.2 Å². The van der Waals surface area contributed by atoms with Gasteiger partial charge in [-0.15, -0.1) is 0 Å². The van der Waals surface area contributed by atoms with E-state index in [0.29, 0.717) is 31.5 Å². The topological polar surface area (TPSA) is 125 Å². The number of quaternary nitrogens is 1. The third-order valence-corrected chi connectivity index (χ3v) is 7.84. The fraction of sp³-hybridized carbons (Fsp3) is 0.484. The van der Waals surface area contributed by atoms with E-state index < -0.39 is 5.60 Å². The molecule has 2 aliphatic rings. The van der Waals surface area contributed by atoms with Gasteiger partial charge in [0.15, 0.2) is 5.82 Å². The summed E-state index contributed by atoms with van der Waals surface area (Å²) >= 11 is 0. The number of piperidine rings is 1. The minimum absolute atomic E-state index is 0.00885. The summed E-state index contributed by atoms with van der Waals surface area (Å²) in [5.74, 6) is 3.03. The van der Waals surface area contributed by atoms with Crippen LogP contribution in [0.5, 0.6) is 11.5 Å². The Bertz CT molecular complexity index is 1600. The average molecular weight is 590 g/mol. The molecule has 0 spiro atoms. The van der Waals surface area contributed by atoms with E-state index >= 15 is 0 Å². The van der Waals surface area contributed by atoms with E-state index in [1.54, 1.807) is 19.1 Å². The van der Waals surface area contributed by atoms with E-state index in [4.69, 9.17) is 24.3 Å². The summed E-state index contributed by atoms with van der Waals surface area (Å²) in [5.41, 5.74) is 2.31. The van der Waals surface area contributed by atoms with E-state index in [1.807, 2.05) is 73.0 Å². The summed E-state index contributed by atoms with van der Waals surface area (Å²) in [6, 6.07) is 8.30. The lowest BCUT2D eigenvalue weighted by Crippen LogP contribution is -2.76. The third kappa shape index (κ3) is 6.38. The lowest BCUT2D eigenvalue weighted by molar-refractivity contribution is -0.590. The van der Waals surface area contributed by atoms with Crippen LogP contribution >= 0.6 is 0 Å². The van der Waals surface area contributed by atoms with Gasteiger partial charge in [-0.25, -0.2) is 9.78 Å². The van der Waals surface area contributed by atoms with Crippen molar-refractivity contribution in [1.82, 2.24) is 29.4 Å². The molecule has 0 unspecified atom stereocenters. The summed E-state index contributed by atoms with van der Waals surface area (Å²) in [4.78, 5) is 19.5. The number of carbonyl (C=O) groups is 1. The number of benzene rings is 1. The van der Waals surface area contributed by atoms with Crippen molar-refractivity contribution in [2.24, 2.45) is 0 Å². The van der Waals surface area contributed by atoms with Crippen LogP contribution in [0.3, 0.4) is 0 Å². The first kappa shape index (κ1) is 28.8. The Morgan fingerprint density at radius 2 is 1.95 bits per heavy atom. The number of amides is 1. The maximum absolute atomic E-state index is 12.9. The van der Waals surface area contributed by atoms with Crippen molar-refractivity contribution >= 4 is 34.3 Å². The minimum Gasteiger partial charge on any atom is -0.497 e. The van der Waals surface area contributed by atoms with Gasteiger partial charge in [-0.1, -0.05) is 0 Å². The van der Waals surface area contributed by atoms with Crippen LogP contribution in [-0.2, 0) is 11.3 Å². The van der Waals surface area contributed by atoms with Crippen molar-refractivity contribution < 1.29 is 24.3 Å². The number of likely N-dealkylation sites (tertiary alicyclic amines) is 1. The summed E-state index contributed by atoms with van der Waals surface area (Å²) in [6.45, 7) is 7.48. The van der Waals surface area contributed by atoms with Gasteiger partial charge in [0.05, 0.1) is 43.7 Å². The Morgan fingerprint density at radius 1 is 1.12 bits per heavy atom. The first-order valence-electron chi connectivity index (χ1n) is 14.9. The number of fused-ring (bicyclic) bond motifs is 1. The first-order chi connectivity index (χ1) is 20.7. The van der Waals surface area contributed by atoms with Crippen LogP contribution in [0.4, 0.5) is 22.1 Å². The normalized spacial score (nSPS) is 17.2. The maximum Gasteiger partial charge on any atom is 0.410 e. The van der Waals surface area contributed by atoms with E-state index in [2.05, 4.69) is 15.7 Å². The highest BCUT2D eigenvalue weighted by Gasteiger charge is 2.31. The lowest BCUT2D eigenvalue weighted by atomic mass is 10.1. The van der Waals surface area contributed by atoms with Gasteiger partial charge in [0, 0.05) is 37.1 Å². The molecule has 12 nitrogen and oxygen atoms in total. The van der Waals surface area contributed by atoms with Crippen molar-refractivity contribution in [3.05, 3.63) is 48.4 Å². The molecule has 1 saturated carbocycles. The zero-order valence-corrected chi connectivity index (χ0v) is 25.5. The first-order valence-corrected chi connectivity index (χ1v) is 14.9. The van der Waals surface area contributed by atoms with E-state index in [0.717, 1.165) is 65.2 Å². The van der Waals surface area contributed by atoms with Gasteiger partial charge < -0.3 is 24.4 Å². The molecule has 1 aromatic carbocycles. The van der Waals surface area contributed by atoms with Gasteiger partial charge in [0.2, 0.25) is 5.82 Å². The average Bonchev–Trinajstić information content (AvgIpc) is 3.63. The standard InChI is InChI=1S/C31H40N8O4/c1-31(2,3)43-30(40)37-14-6-7-23(19-37)39-25-12-13-32-28(33-16-20-8-11-24(41-4)15-26(20)42-5)27(25)29(36-39)35-21-17-34-38(18-21)22-9-10-22/h8,11-13,15,17-18,22-23H,6-7,9-10,14,16,19H2,1-5H3,(H,32,33)(H,35,36)/p+1/t23-/m1/s1. The fourth-order valence-electron chi connectivity index (χ4n) is 5.58. The van der Waals surface area contributed by atoms with E-state index in [9.17, 15) is 4.79 Å². The van der Waals surface area contributed by atoms with Crippen LogP contribution in [0.15, 0.2) is 42.9 Å². The van der Waals surface area contributed by atoms with Gasteiger partial charge in [0.1, 0.15) is 29.0 Å². The van der Waals surface area contributed by atoms with Gasteiger partial charge in [-0.05, 0) is 64.7 Å². The molecule has 1 amide bonds. The third-order valence-electron chi connectivity index (χ3n) is 7.84. The second-order valence-electron chi connectivity index (χ2n) is 12.3. The summed E-state index contributed by atoms with van der Waals surface area (Å²) < 4.78 is 20.8. The number of anilines is 2. The Morgan fingerprint density at radius 3 is 2.70 bits per heavy atom. The number of nitrogens with zero attached hydrogens (tertiary/aromatic N) is 6. The maximum atomic E-state index is 12.9. The Kier molecular flexibility index (Phi) is 7.87. The van der Waals surface area contributed by atoms with Crippen LogP contribution < -0.4 is 20.1 Å². The number of nitrogens with two attached hydrogens (primary N) is 1. The molecule has 3 N–H and O–H groups in total. The largest absolute Gasteiger partial charge is 0.497 e. The molecule has 1 aliphatic heterocycles. The van der Waals surface area contributed by atoms with E-state index in [-0.39, 0.29) is 12.1 Å². The number of pyridine rings is 1. The quantitative estimate of drug-likeness (QED) is 0.288. The van der Waals surface area contributed by atoms with Crippen molar-refractivity contribution in [1.29, 1.82) is 0 Å². The number of hydrogen-bond acceptors (Lipinski definition) is 8. The number of methoxy groups -OCH3 is 2. The number of hydrogen-bond donors (Lipinski definition) is 2. The molecule has 4 aromatic rings. The fourth-order valence-corrected chi connectivity index (χ4v) is 5.58. The minimum atomic E-state index is -0.548. The Balaban J connectivity index is 1.33. The number of aromatic nitrogens is 5. The Hall–Kier alpha value is -4.32. The van der Waals surface area contributed by atoms with E-state index in [1.165, 1.54) is 0 Å². The number of ether oxygens (including phenoxy) is 3. The highest BCUT2D eigenvalue weighted by atomic mass is 16.6. The molecule has 1 aliphatic carbocycles. The van der Waals surface area contributed by atoms with Crippen LogP contribution in [0, 0.1) is 0 Å². The molecular weight excluding hydrogens is 548 g/mol. The van der Waals surface area contributed by atoms with Crippen LogP contribution in [0.1, 0.15) is 64.1 Å². The highest BCUT2D eigenvalue weighted by Crippen LogP contribution is 2.37. The number of carbonyl (C=O) groups excluding carboxylic acids is 1. The summed E-state index contributed by atoms with van der Waals surface area (Å²) in [6.07, 6.45) is 9.50. The summed E-state index contributed by atoms with van der Waals surface area (Å²) in [5, 5.41) is 16.2. The van der Waals surface area contributed by atoms with Crippen LogP contribution in [-0.4, -0.2) is 68.4 Å². The second kappa shape index (κ2) is 11.8. The highest BCUT2D eigenvalue weighted by molar-refractivity contribution is 5.97. The monoisotopic (exact) mass is 589 g/mol. The second-order valence-corrected chi connectivity index (χ2v) is 12.3. The molecule has 0 radical (unpaired) electrons. The molecule has 2 fully saturated rings. The molecule has 43 heavy (non-hydrogen) atoms. The summed E-state index contributed by atoms with van der Waals surface area (Å²) in [7, 11) is 3.31. The predicted molar refractivity (Wildman–Crippen MR) is 162 cm³/mol. The van der Waals surface area contributed by atoms with Crippen molar-refractivity contribution in [2.75, 3.05) is 32.6 Å².